The van der Waals surface area contributed by atoms with E-state index < -0.39 is 11.7 Å². The number of nitrogens with zero attached hydrogens (tertiary/aromatic N) is 6. The van der Waals surface area contributed by atoms with Crippen LogP contribution in [0.3, 0.4) is 0 Å². The fourth-order valence-corrected chi connectivity index (χ4v) is 4.14. The minimum absolute atomic E-state index is 0.0824. The Hall–Kier alpha value is -2.44. The lowest BCUT2D eigenvalue weighted by molar-refractivity contribution is -0.138. The Bertz CT molecular complexity index is 1050. The highest BCUT2D eigenvalue weighted by molar-refractivity contribution is 14.1. The van der Waals surface area contributed by atoms with Gasteiger partial charge in [-0.2, -0.15) is 17.7 Å². The first-order valence-electron chi connectivity index (χ1n) is 8.87. The molecule has 29 heavy (non-hydrogen) atoms. The van der Waals surface area contributed by atoms with Gasteiger partial charge in [0.1, 0.15) is 12.1 Å². The van der Waals surface area contributed by atoms with Gasteiger partial charge in [0.15, 0.2) is 5.65 Å². The minimum atomic E-state index is -4.39. The number of aromatic nitrogens is 4. The molecule has 0 atom stereocenters. The van der Waals surface area contributed by atoms with Gasteiger partial charge in [0, 0.05) is 29.7 Å². The SMILES string of the molecule is O=C(Cc1ccc(C(F)(F)F)c(I)c1)N1CCN(c2ccc3nncn3n2)CC1. The van der Waals surface area contributed by atoms with Crippen molar-refractivity contribution in [3.05, 3.63) is 51.4 Å². The molecule has 0 saturated carbocycles. The van der Waals surface area contributed by atoms with Gasteiger partial charge in [0.25, 0.3) is 0 Å². The second kappa shape index (κ2) is 7.76. The van der Waals surface area contributed by atoms with Crippen LogP contribution in [0.2, 0.25) is 0 Å². The van der Waals surface area contributed by atoms with Gasteiger partial charge in [-0.25, -0.2) is 0 Å². The Morgan fingerprint density at radius 2 is 1.86 bits per heavy atom. The Labute approximate surface area is 177 Å². The molecule has 0 bridgehead atoms. The first kappa shape index (κ1) is 19.9. The summed E-state index contributed by atoms with van der Waals surface area (Å²) in [7, 11) is 0. The van der Waals surface area contributed by atoms with Crippen LogP contribution in [0.25, 0.3) is 5.65 Å². The van der Waals surface area contributed by atoms with Crippen molar-refractivity contribution in [2.75, 3.05) is 31.1 Å². The number of amides is 1. The van der Waals surface area contributed by atoms with Crippen LogP contribution in [0.4, 0.5) is 19.0 Å². The molecule has 0 spiro atoms. The summed E-state index contributed by atoms with van der Waals surface area (Å²) < 4.78 is 40.3. The molecule has 7 nitrogen and oxygen atoms in total. The number of carbonyl (C=O) groups excluding carboxylic acids is 1. The summed E-state index contributed by atoms with van der Waals surface area (Å²) >= 11 is 1.66. The lowest BCUT2D eigenvalue weighted by Gasteiger charge is -2.35. The van der Waals surface area contributed by atoms with E-state index in [1.54, 1.807) is 32.0 Å². The second-order valence-electron chi connectivity index (χ2n) is 6.68. The number of hydrogen-bond acceptors (Lipinski definition) is 5. The van der Waals surface area contributed by atoms with Gasteiger partial charge in [-0.05, 0) is 52.4 Å². The van der Waals surface area contributed by atoms with Gasteiger partial charge in [0.05, 0.1) is 12.0 Å². The highest BCUT2D eigenvalue weighted by Gasteiger charge is 2.33. The minimum Gasteiger partial charge on any atom is -0.352 e. The van der Waals surface area contributed by atoms with Crippen LogP contribution in [0.1, 0.15) is 11.1 Å². The molecule has 1 aromatic carbocycles. The van der Waals surface area contributed by atoms with Gasteiger partial charge < -0.3 is 9.80 Å². The fourth-order valence-electron chi connectivity index (χ4n) is 3.26. The zero-order valence-electron chi connectivity index (χ0n) is 15.1. The van der Waals surface area contributed by atoms with Crippen LogP contribution in [-0.2, 0) is 17.4 Å². The predicted octanol–water partition coefficient (Wildman–Crippen LogP) is 2.64. The van der Waals surface area contributed by atoms with Crippen LogP contribution in [-0.4, -0.2) is 56.8 Å². The van der Waals surface area contributed by atoms with Crippen molar-refractivity contribution in [1.82, 2.24) is 24.7 Å². The third-order valence-corrected chi connectivity index (χ3v) is 5.69. The van der Waals surface area contributed by atoms with E-state index >= 15 is 0 Å². The van der Waals surface area contributed by atoms with E-state index in [4.69, 9.17) is 0 Å². The summed E-state index contributed by atoms with van der Waals surface area (Å²) in [5.41, 5.74) is 0.559. The third kappa shape index (κ3) is 4.28. The molecule has 1 saturated heterocycles. The zero-order chi connectivity index (χ0) is 20.6. The van der Waals surface area contributed by atoms with E-state index in [1.165, 1.54) is 18.5 Å². The number of rotatable bonds is 3. The molecule has 152 valence electrons. The summed E-state index contributed by atoms with van der Waals surface area (Å²) in [6, 6.07) is 7.53. The molecule has 0 unspecified atom stereocenters. The van der Waals surface area contributed by atoms with Gasteiger partial charge in [-0.15, -0.1) is 15.3 Å². The monoisotopic (exact) mass is 516 g/mol. The average Bonchev–Trinajstić information content (AvgIpc) is 3.15. The molecule has 0 radical (unpaired) electrons. The number of halogens is 4. The van der Waals surface area contributed by atoms with Gasteiger partial charge in [0.2, 0.25) is 5.91 Å². The number of benzene rings is 1. The van der Waals surface area contributed by atoms with Crippen molar-refractivity contribution in [2.45, 2.75) is 12.6 Å². The number of fused-ring (bicyclic) bond motifs is 1. The molecule has 1 fully saturated rings. The predicted molar refractivity (Wildman–Crippen MR) is 107 cm³/mol. The number of anilines is 1. The first-order chi connectivity index (χ1) is 13.8. The lowest BCUT2D eigenvalue weighted by Crippen LogP contribution is -2.49. The molecular formula is C18H16F3IN6O. The molecular weight excluding hydrogens is 500 g/mol. The Morgan fingerprint density at radius 3 is 2.55 bits per heavy atom. The summed E-state index contributed by atoms with van der Waals surface area (Å²) in [4.78, 5) is 16.4. The first-order valence-corrected chi connectivity index (χ1v) is 9.94. The maximum atomic E-state index is 12.9. The van der Waals surface area contributed by atoms with Crippen LogP contribution < -0.4 is 4.90 Å². The second-order valence-corrected chi connectivity index (χ2v) is 7.84. The average molecular weight is 516 g/mol. The van der Waals surface area contributed by atoms with Gasteiger partial charge in [-0.1, -0.05) is 6.07 Å². The van der Waals surface area contributed by atoms with Crippen molar-refractivity contribution >= 4 is 40.0 Å². The van der Waals surface area contributed by atoms with Crippen LogP contribution >= 0.6 is 22.6 Å². The van der Waals surface area contributed by atoms with Crippen molar-refractivity contribution < 1.29 is 18.0 Å². The maximum Gasteiger partial charge on any atom is 0.417 e. The van der Waals surface area contributed by atoms with Crippen LogP contribution in [0, 0.1) is 3.57 Å². The molecule has 3 aromatic rings. The molecule has 1 aliphatic heterocycles. The largest absolute Gasteiger partial charge is 0.417 e. The number of piperazine rings is 1. The molecule has 0 aliphatic carbocycles. The molecule has 1 aliphatic rings. The summed E-state index contributed by atoms with van der Waals surface area (Å²) in [6.45, 7) is 2.30. The summed E-state index contributed by atoms with van der Waals surface area (Å²) in [5.74, 6) is 0.684. The topological polar surface area (TPSA) is 66.6 Å². The Balaban J connectivity index is 1.37. The van der Waals surface area contributed by atoms with E-state index in [0.29, 0.717) is 37.4 Å². The molecule has 2 aromatic heterocycles. The summed E-state index contributed by atoms with van der Waals surface area (Å²) in [5, 5.41) is 12.2. The number of hydrogen-bond donors (Lipinski definition) is 0. The van der Waals surface area contributed by atoms with Crippen LogP contribution in [0.15, 0.2) is 36.7 Å². The van der Waals surface area contributed by atoms with Crippen LogP contribution in [0.5, 0.6) is 0 Å². The Morgan fingerprint density at radius 1 is 1.10 bits per heavy atom. The highest BCUT2D eigenvalue weighted by Crippen LogP contribution is 2.33. The lowest BCUT2D eigenvalue weighted by atomic mass is 10.1. The van der Waals surface area contributed by atoms with E-state index in [-0.39, 0.29) is 15.9 Å². The molecule has 11 heteroatoms. The Kier molecular flexibility index (Phi) is 5.32. The quantitative estimate of drug-likeness (QED) is 0.501. The maximum absolute atomic E-state index is 12.9. The summed E-state index contributed by atoms with van der Waals surface area (Å²) in [6.07, 6.45) is -2.78. The van der Waals surface area contributed by atoms with Crippen molar-refractivity contribution in [3.63, 3.8) is 0 Å². The van der Waals surface area contributed by atoms with E-state index in [0.717, 1.165) is 11.9 Å². The standard InChI is InChI=1S/C18H16F3IN6O/c19-18(20,21)13-2-1-12(9-14(13)22)10-17(29)27-7-5-26(6-8-27)16-4-3-15-24-23-11-28(15)25-16/h1-4,9,11H,5-8,10H2. The smallest absolute Gasteiger partial charge is 0.352 e. The number of alkyl halides is 3. The molecule has 4 rings (SSSR count). The van der Waals surface area contributed by atoms with Crippen molar-refractivity contribution in [2.24, 2.45) is 0 Å². The highest BCUT2D eigenvalue weighted by atomic mass is 127. The van der Waals surface area contributed by atoms with Gasteiger partial charge >= 0.3 is 6.18 Å². The van der Waals surface area contributed by atoms with Crippen molar-refractivity contribution in [3.8, 4) is 0 Å². The third-order valence-electron chi connectivity index (χ3n) is 4.80. The van der Waals surface area contributed by atoms with E-state index in [9.17, 15) is 18.0 Å². The normalized spacial score (nSPS) is 15.2. The fraction of sp³-hybridized carbons (Fsp3) is 0.333. The molecule has 3 heterocycles. The van der Waals surface area contributed by atoms with E-state index in [1.807, 2.05) is 12.1 Å². The van der Waals surface area contributed by atoms with Gasteiger partial charge in [-0.3, -0.25) is 4.79 Å². The molecule has 0 N–H and O–H groups in total. The molecule has 1 amide bonds. The number of carbonyl (C=O) groups is 1. The zero-order valence-corrected chi connectivity index (χ0v) is 17.3. The van der Waals surface area contributed by atoms with Crippen molar-refractivity contribution in [1.29, 1.82) is 0 Å². The van der Waals surface area contributed by atoms with E-state index in [2.05, 4.69) is 20.2 Å².